The van der Waals surface area contributed by atoms with Gasteiger partial charge in [-0.2, -0.15) is 13.2 Å². The number of nitrogens with one attached hydrogen (secondary N) is 3. The average Bonchev–Trinajstić information content (AvgIpc) is 3.64. The van der Waals surface area contributed by atoms with Gasteiger partial charge in [0.15, 0.2) is 0 Å². The SMILES string of the molecule is Cc1ccc(NC(=O)c2cccc(C(F)(F)F)c2)cc1NC(=O)N(C)c1cc(NC2CC2)ncn1. The van der Waals surface area contributed by atoms with Crippen molar-refractivity contribution in [1.82, 2.24) is 9.97 Å². The molecule has 182 valence electrons. The van der Waals surface area contributed by atoms with Crippen LogP contribution < -0.4 is 20.9 Å². The molecule has 0 spiro atoms. The van der Waals surface area contributed by atoms with Crippen molar-refractivity contribution in [2.24, 2.45) is 0 Å². The molecule has 1 aromatic heterocycles. The van der Waals surface area contributed by atoms with Gasteiger partial charge in [0.05, 0.1) is 5.56 Å². The Kier molecular flexibility index (Phi) is 6.59. The van der Waals surface area contributed by atoms with Gasteiger partial charge in [-0.3, -0.25) is 9.69 Å². The number of nitrogens with zero attached hydrogens (tertiary/aromatic N) is 3. The summed E-state index contributed by atoms with van der Waals surface area (Å²) in [5, 5.41) is 8.59. The molecule has 3 aromatic rings. The van der Waals surface area contributed by atoms with Gasteiger partial charge >= 0.3 is 12.2 Å². The molecule has 1 saturated carbocycles. The molecule has 0 radical (unpaired) electrons. The fraction of sp³-hybridized carbons (Fsp3) is 0.250. The summed E-state index contributed by atoms with van der Waals surface area (Å²) in [4.78, 5) is 35.0. The van der Waals surface area contributed by atoms with Crippen LogP contribution in [0.4, 0.5) is 41.0 Å². The number of carbonyl (C=O) groups excluding carboxylic acids is 2. The van der Waals surface area contributed by atoms with Crippen LogP contribution in [0.5, 0.6) is 0 Å². The zero-order chi connectivity index (χ0) is 25.2. The van der Waals surface area contributed by atoms with E-state index in [1.807, 2.05) is 0 Å². The summed E-state index contributed by atoms with van der Waals surface area (Å²) in [6.45, 7) is 1.77. The topological polar surface area (TPSA) is 99.2 Å². The minimum Gasteiger partial charge on any atom is -0.367 e. The molecular weight excluding hydrogens is 461 g/mol. The highest BCUT2D eigenvalue weighted by atomic mass is 19.4. The Morgan fingerprint density at radius 3 is 2.51 bits per heavy atom. The van der Waals surface area contributed by atoms with E-state index in [9.17, 15) is 22.8 Å². The van der Waals surface area contributed by atoms with Crippen molar-refractivity contribution in [3.05, 3.63) is 71.5 Å². The molecule has 0 atom stereocenters. The van der Waals surface area contributed by atoms with Crippen molar-refractivity contribution < 1.29 is 22.8 Å². The van der Waals surface area contributed by atoms with Crippen molar-refractivity contribution in [3.63, 3.8) is 0 Å². The van der Waals surface area contributed by atoms with Gasteiger partial charge in [0, 0.05) is 36.1 Å². The monoisotopic (exact) mass is 484 g/mol. The van der Waals surface area contributed by atoms with Gasteiger partial charge in [-0.15, -0.1) is 0 Å². The maximum atomic E-state index is 13.0. The largest absolute Gasteiger partial charge is 0.416 e. The van der Waals surface area contributed by atoms with Gasteiger partial charge in [0.1, 0.15) is 18.0 Å². The molecule has 0 saturated heterocycles. The molecule has 0 unspecified atom stereocenters. The molecule has 4 rings (SSSR count). The van der Waals surface area contributed by atoms with E-state index in [0.717, 1.165) is 30.5 Å². The molecular formula is C24H23F3N6O2. The molecule has 0 aliphatic heterocycles. The first kappa shape index (κ1) is 24.0. The van der Waals surface area contributed by atoms with E-state index >= 15 is 0 Å². The minimum absolute atomic E-state index is 0.134. The van der Waals surface area contributed by atoms with Crippen LogP contribution in [-0.2, 0) is 6.18 Å². The van der Waals surface area contributed by atoms with Crippen molar-refractivity contribution in [3.8, 4) is 0 Å². The van der Waals surface area contributed by atoms with Gasteiger partial charge in [0.25, 0.3) is 5.91 Å². The number of aryl methyl sites for hydroxylation is 1. The summed E-state index contributed by atoms with van der Waals surface area (Å²) in [5.41, 5.74) is 0.418. The molecule has 1 aliphatic rings. The smallest absolute Gasteiger partial charge is 0.367 e. The summed E-state index contributed by atoms with van der Waals surface area (Å²) >= 11 is 0. The Morgan fingerprint density at radius 1 is 1.03 bits per heavy atom. The fourth-order valence-electron chi connectivity index (χ4n) is 3.22. The molecule has 0 bridgehead atoms. The third-order valence-electron chi connectivity index (χ3n) is 5.42. The first-order chi connectivity index (χ1) is 16.6. The molecule has 3 N–H and O–H groups in total. The zero-order valence-electron chi connectivity index (χ0n) is 19.0. The summed E-state index contributed by atoms with van der Waals surface area (Å²) < 4.78 is 38.9. The van der Waals surface area contributed by atoms with E-state index in [1.165, 1.54) is 29.4 Å². The van der Waals surface area contributed by atoms with Crippen molar-refractivity contribution in [1.29, 1.82) is 0 Å². The molecule has 8 nitrogen and oxygen atoms in total. The molecule has 11 heteroatoms. The third kappa shape index (κ3) is 6.05. The minimum atomic E-state index is -4.55. The van der Waals surface area contributed by atoms with Crippen LogP contribution in [0.2, 0.25) is 0 Å². The van der Waals surface area contributed by atoms with Crippen LogP contribution in [0.15, 0.2) is 54.9 Å². The number of hydrogen-bond acceptors (Lipinski definition) is 5. The summed E-state index contributed by atoms with van der Waals surface area (Å²) in [6, 6.07) is 10.6. The van der Waals surface area contributed by atoms with Crippen LogP contribution in [0, 0.1) is 6.92 Å². The third-order valence-corrected chi connectivity index (χ3v) is 5.42. The Balaban J connectivity index is 1.45. The van der Waals surface area contributed by atoms with Crippen molar-refractivity contribution in [2.45, 2.75) is 32.0 Å². The lowest BCUT2D eigenvalue weighted by Gasteiger charge is -2.19. The second-order valence-electron chi connectivity index (χ2n) is 8.23. The van der Waals surface area contributed by atoms with Gasteiger partial charge in [0.2, 0.25) is 0 Å². The number of anilines is 4. The van der Waals surface area contributed by atoms with Crippen LogP contribution in [0.1, 0.15) is 34.3 Å². The number of alkyl halides is 3. The second kappa shape index (κ2) is 9.61. The molecule has 3 amide bonds. The quantitative estimate of drug-likeness (QED) is 0.441. The van der Waals surface area contributed by atoms with Gasteiger partial charge in [-0.25, -0.2) is 14.8 Å². The predicted octanol–water partition coefficient (Wildman–Crippen LogP) is 5.30. The Morgan fingerprint density at radius 2 is 1.80 bits per heavy atom. The standard InChI is InChI=1S/C24H23F3N6O2/c1-14-6-7-18(31-22(34)15-4-3-5-16(10-15)24(25,26)27)11-19(14)32-23(35)33(2)21-12-20(28-13-29-21)30-17-8-9-17/h3-7,10-13,17H,8-9H2,1-2H3,(H,31,34)(H,32,35)(H,28,29,30). The van der Waals surface area contributed by atoms with Crippen LogP contribution in [-0.4, -0.2) is 35.0 Å². The predicted molar refractivity (Wildman–Crippen MR) is 127 cm³/mol. The van der Waals surface area contributed by atoms with Crippen LogP contribution >= 0.6 is 0 Å². The number of amides is 3. The van der Waals surface area contributed by atoms with Gasteiger partial charge < -0.3 is 16.0 Å². The lowest BCUT2D eigenvalue weighted by atomic mass is 10.1. The number of benzene rings is 2. The molecule has 2 aromatic carbocycles. The number of urea groups is 1. The first-order valence-electron chi connectivity index (χ1n) is 10.8. The van der Waals surface area contributed by atoms with Gasteiger partial charge in [-0.1, -0.05) is 12.1 Å². The highest BCUT2D eigenvalue weighted by Crippen LogP contribution is 2.30. The molecule has 1 fully saturated rings. The zero-order valence-corrected chi connectivity index (χ0v) is 19.0. The molecule has 1 aliphatic carbocycles. The lowest BCUT2D eigenvalue weighted by molar-refractivity contribution is -0.137. The Labute approximate surface area is 199 Å². The van der Waals surface area contributed by atoms with E-state index < -0.39 is 23.7 Å². The number of hydrogen-bond donors (Lipinski definition) is 3. The van der Waals surface area contributed by atoms with E-state index in [1.54, 1.807) is 32.2 Å². The molecule has 1 heterocycles. The lowest BCUT2D eigenvalue weighted by Crippen LogP contribution is -2.32. The summed E-state index contributed by atoms with van der Waals surface area (Å²) in [6.07, 6.45) is -1.02. The van der Waals surface area contributed by atoms with E-state index in [4.69, 9.17) is 0 Å². The number of halogens is 3. The van der Waals surface area contributed by atoms with Crippen molar-refractivity contribution >= 4 is 34.9 Å². The van der Waals surface area contributed by atoms with E-state index in [-0.39, 0.29) is 5.56 Å². The number of aromatic nitrogens is 2. The summed E-state index contributed by atoms with van der Waals surface area (Å²) in [5.74, 6) is 0.325. The molecule has 35 heavy (non-hydrogen) atoms. The number of carbonyl (C=O) groups is 2. The maximum Gasteiger partial charge on any atom is 0.416 e. The highest BCUT2D eigenvalue weighted by Gasteiger charge is 2.31. The van der Waals surface area contributed by atoms with Crippen LogP contribution in [0.3, 0.4) is 0 Å². The van der Waals surface area contributed by atoms with E-state index in [2.05, 4.69) is 25.9 Å². The second-order valence-corrected chi connectivity index (χ2v) is 8.23. The first-order valence-corrected chi connectivity index (χ1v) is 10.8. The Bertz CT molecular complexity index is 1260. The van der Waals surface area contributed by atoms with Gasteiger partial charge in [-0.05, 0) is 55.7 Å². The fourth-order valence-corrected chi connectivity index (χ4v) is 3.22. The van der Waals surface area contributed by atoms with Crippen molar-refractivity contribution in [2.75, 3.05) is 27.9 Å². The summed E-state index contributed by atoms with van der Waals surface area (Å²) in [7, 11) is 1.56. The van der Waals surface area contributed by atoms with E-state index in [0.29, 0.717) is 29.1 Å². The van der Waals surface area contributed by atoms with Crippen LogP contribution in [0.25, 0.3) is 0 Å². The normalized spacial score (nSPS) is 13.2. The number of rotatable bonds is 6. The highest BCUT2D eigenvalue weighted by molar-refractivity contribution is 6.05. The Hall–Kier alpha value is -4.15. The average molecular weight is 484 g/mol. The maximum absolute atomic E-state index is 13.0.